The van der Waals surface area contributed by atoms with Crippen LogP contribution in [0.25, 0.3) is 0 Å². The number of nitrogens with zero attached hydrogens (tertiary/aromatic N) is 1. The van der Waals surface area contributed by atoms with Crippen LogP contribution in [0.4, 0.5) is 10.5 Å². The lowest BCUT2D eigenvalue weighted by atomic mass is 10.0. The number of piperidine rings is 1. The van der Waals surface area contributed by atoms with Crippen LogP contribution < -0.4 is 10.6 Å². The highest BCUT2D eigenvalue weighted by molar-refractivity contribution is 5.89. The molecule has 1 atom stereocenters. The van der Waals surface area contributed by atoms with Gasteiger partial charge in [0.2, 0.25) is 0 Å². The van der Waals surface area contributed by atoms with Crippen LogP contribution in [0.15, 0.2) is 24.3 Å². The molecule has 1 fully saturated rings. The Hall–Kier alpha value is -1.55. The topological polar surface area (TPSA) is 44.4 Å². The zero-order valence-corrected chi connectivity index (χ0v) is 11.8. The van der Waals surface area contributed by atoms with Gasteiger partial charge in [-0.3, -0.25) is 0 Å². The molecule has 2 rings (SSSR count). The molecule has 1 aromatic rings. The molecule has 4 heteroatoms. The number of amides is 2. The summed E-state index contributed by atoms with van der Waals surface area (Å²) in [6.07, 6.45) is 2.33. The molecule has 2 N–H and O–H groups in total. The number of nitrogens with one attached hydrogen (secondary N) is 2. The minimum atomic E-state index is 0.0214. The van der Waals surface area contributed by atoms with E-state index in [0.717, 1.165) is 31.7 Å². The lowest BCUT2D eigenvalue weighted by molar-refractivity contribution is 0.182. The van der Waals surface area contributed by atoms with Crippen LogP contribution in [0, 0.1) is 5.92 Å². The molecule has 2 amide bonds. The van der Waals surface area contributed by atoms with Gasteiger partial charge in [0.25, 0.3) is 0 Å². The van der Waals surface area contributed by atoms with Crippen LogP contribution in [-0.2, 0) is 6.54 Å². The molecule has 1 saturated heterocycles. The van der Waals surface area contributed by atoms with E-state index < -0.39 is 0 Å². The Morgan fingerprint density at radius 2 is 2.32 bits per heavy atom. The fraction of sp³-hybridized carbons (Fsp3) is 0.533. The van der Waals surface area contributed by atoms with Crippen LogP contribution in [0.3, 0.4) is 0 Å². The highest BCUT2D eigenvalue weighted by Gasteiger charge is 2.20. The molecular weight excluding hydrogens is 238 g/mol. The van der Waals surface area contributed by atoms with E-state index in [-0.39, 0.29) is 6.03 Å². The molecule has 0 saturated carbocycles. The van der Waals surface area contributed by atoms with Gasteiger partial charge in [-0.15, -0.1) is 0 Å². The second-order valence-electron chi connectivity index (χ2n) is 5.35. The van der Waals surface area contributed by atoms with E-state index in [4.69, 9.17) is 0 Å². The molecular formula is C15H23N3O. The predicted octanol–water partition coefficient (Wildman–Crippen LogP) is 2.67. The van der Waals surface area contributed by atoms with Gasteiger partial charge in [0.15, 0.2) is 0 Å². The van der Waals surface area contributed by atoms with E-state index in [1.54, 1.807) is 0 Å². The van der Waals surface area contributed by atoms with Crippen LogP contribution in [0.5, 0.6) is 0 Å². The van der Waals surface area contributed by atoms with E-state index in [1.165, 1.54) is 12.0 Å². The molecule has 1 aliphatic rings. The minimum absolute atomic E-state index is 0.0214. The number of rotatable bonds is 3. The van der Waals surface area contributed by atoms with Crippen molar-refractivity contribution in [3.05, 3.63) is 29.8 Å². The second-order valence-corrected chi connectivity index (χ2v) is 5.35. The zero-order chi connectivity index (χ0) is 13.7. The van der Waals surface area contributed by atoms with Gasteiger partial charge in [-0.1, -0.05) is 19.1 Å². The van der Waals surface area contributed by atoms with Gasteiger partial charge in [0.05, 0.1) is 0 Å². The van der Waals surface area contributed by atoms with Crippen LogP contribution >= 0.6 is 0 Å². The Morgan fingerprint density at radius 3 is 3.05 bits per heavy atom. The van der Waals surface area contributed by atoms with Gasteiger partial charge < -0.3 is 15.5 Å². The highest BCUT2D eigenvalue weighted by atomic mass is 16.2. The molecule has 4 nitrogen and oxygen atoms in total. The first-order chi connectivity index (χ1) is 9.19. The van der Waals surface area contributed by atoms with Crippen molar-refractivity contribution in [3.63, 3.8) is 0 Å². The van der Waals surface area contributed by atoms with E-state index >= 15 is 0 Å². The van der Waals surface area contributed by atoms with Crippen molar-refractivity contribution in [2.45, 2.75) is 26.3 Å². The van der Waals surface area contributed by atoms with Gasteiger partial charge in [0, 0.05) is 25.3 Å². The standard InChI is InChI=1S/C15H23N3O/c1-12-5-4-8-18(11-12)15(19)17-14-7-3-6-13(9-14)10-16-2/h3,6-7,9,12,16H,4-5,8,10-11H2,1-2H3,(H,17,19). The molecule has 0 bridgehead atoms. The van der Waals surface area contributed by atoms with Gasteiger partial charge in [-0.2, -0.15) is 0 Å². The lowest BCUT2D eigenvalue weighted by Crippen LogP contribution is -2.41. The molecule has 0 aromatic heterocycles. The third-order valence-electron chi connectivity index (χ3n) is 3.50. The molecule has 1 aliphatic heterocycles. The first-order valence-electron chi connectivity index (χ1n) is 6.98. The molecule has 0 aliphatic carbocycles. The van der Waals surface area contributed by atoms with Gasteiger partial charge in [-0.25, -0.2) is 4.79 Å². The average molecular weight is 261 g/mol. The Bertz CT molecular complexity index is 433. The SMILES string of the molecule is CNCc1cccc(NC(=O)N2CCCC(C)C2)c1. The number of anilines is 1. The third kappa shape index (κ3) is 3.96. The van der Waals surface area contributed by atoms with Crippen LogP contribution in [-0.4, -0.2) is 31.1 Å². The monoisotopic (exact) mass is 261 g/mol. The van der Waals surface area contributed by atoms with Crippen LogP contribution in [0.1, 0.15) is 25.3 Å². The smallest absolute Gasteiger partial charge is 0.321 e. The van der Waals surface area contributed by atoms with Crippen LogP contribution in [0.2, 0.25) is 0 Å². The average Bonchev–Trinajstić information content (AvgIpc) is 2.39. The van der Waals surface area contributed by atoms with E-state index in [2.05, 4.69) is 23.6 Å². The normalized spacial score (nSPS) is 19.3. The summed E-state index contributed by atoms with van der Waals surface area (Å²) in [6.45, 7) is 4.74. The maximum Gasteiger partial charge on any atom is 0.321 e. The van der Waals surface area contributed by atoms with Crippen molar-refractivity contribution in [1.29, 1.82) is 0 Å². The van der Waals surface area contributed by atoms with Crippen molar-refractivity contribution in [2.75, 3.05) is 25.5 Å². The molecule has 1 heterocycles. The van der Waals surface area contributed by atoms with Gasteiger partial charge in [-0.05, 0) is 43.5 Å². The molecule has 1 unspecified atom stereocenters. The number of urea groups is 1. The maximum absolute atomic E-state index is 12.2. The van der Waals surface area contributed by atoms with Gasteiger partial charge in [0.1, 0.15) is 0 Å². The minimum Gasteiger partial charge on any atom is -0.324 e. The largest absolute Gasteiger partial charge is 0.324 e. The molecule has 0 spiro atoms. The van der Waals surface area contributed by atoms with Crippen molar-refractivity contribution in [2.24, 2.45) is 5.92 Å². The Balaban J connectivity index is 1.96. The number of hydrogen-bond acceptors (Lipinski definition) is 2. The van der Waals surface area contributed by atoms with Crippen molar-refractivity contribution in [3.8, 4) is 0 Å². The van der Waals surface area contributed by atoms with Crippen molar-refractivity contribution < 1.29 is 4.79 Å². The summed E-state index contributed by atoms with van der Waals surface area (Å²) in [6, 6.07) is 8.00. The molecule has 1 aromatic carbocycles. The number of carbonyl (C=O) groups is 1. The Morgan fingerprint density at radius 1 is 1.47 bits per heavy atom. The Kier molecular flexibility index (Phi) is 4.80. The molecule has 0 radical (unpaired) electrons. The summed E-state index contributed by atoms with van der Waals surface area (Å²) in [5, 5.41) is 6.10. The number of likely N-dealkylation sites (tertiary alicyclic amines) is 1. The number of carbonyl (C=O) groups excluding carboxylic acids is 1. The van der Waals surface area contributed by atoms with E-state index in [1.807, 2.05) is 30.1 Å². The fourth-order valence-electron chi connectivity index (χ4n) is 2.54. The fourth-order valence-corrected chi connectivity index (χ4v) is 2.54. The molecule has 19 heavy (non-hydrogen) atoms. The first kappa shape index (κ1) is 13.9. The van der Waals surface area contributed by atoms with Crippen molar-refractivity contribution >= 4 is 11.7 Å². The summed E-state index contributed by atoms with van der Waals surface area (Å²) >= 11 is 0. The molecule has 104 valence electrons. The third-order valence-corrected chi connectivity index (χ3v) is 3.50. The van der Waals surface area contributed by atoms with E-state index in [9.17, 15) is 4.79 Å². The number of hydrogen-bond donors (Lipinski definition) is 2. The zero-order valence-electron chi connectivity index (χ0n) is 11.8. The second kappa shape index (κ2) is 6.57. The maximum atomic E-state index is 12.2. The van der Waals surface area contributed by atoms with E-state index in [0.29, 0.717) is 5.92 Å². The highest BCUT2D eigenvalue weighted by Crippen LogP contribution is 2.17. The summed E-state index contributed by atoms with van der Waals surface area (Å²) in [4.78, 5) is 14.1. The predicted molar refractivity (Wildman–Crippen MR) is 78.2 cm³/mol. The lowest BCUT2D eigenvalue weighted by Gasteiger charge is -2.31. The summed E-state index contributed by atoms with van der Waals surface area (Å²) in [7, 11) is 1.92. The number of benzene rings is 1. The quantitative estimate of drug-likeness (QED) is 0.878. The summed E-state index contributed by atoms with van der Waals surface area (Å²) in [5.41, 5.74) is 2.04. The van der Waals surface area contributed by atoms with Gasteiger partial charge >= 0.3 is 6.03 Å². The summed E-state index contributed by atoms with van der Waals surface area (Å²) < 4.78 is 0. The summed E-state index contributed by atoms with van der Waals surface area (Å²) in [5.74, 6) is 0.607. The Labute approximate surface area is 115 Å². The van der Waals surface area contributed by atoms with Crippen molar-refractivity contribution in [1.82, 2.24) is 10.2 Å². The first-order valence-corrected chi connectivity index (χ1v) is 6.98.